The van der Waals surface area contributed by atoms with E-state index in [9.17, 15) is 0 Å². The Morgan fingerprint density at radius 2 is 1.84 bits per heavy atom. The first-order valence-electron chi connectivity index (χ1n) is 13.3. The molecule has 0 spiro atoms. The van der Waals surface area contributed by atoms with E-state index in [0.717, 1.165) is 93.5 Å². The normalized spacial score (nSPS) is 15.7. The minimum absolute atomic E-state index is 0.516. The van der Waals surface area contributed by atoms with Crippen LogP contribution < -0.4 is 15.0 Å². The Labute approximate surface area is 228 Å². The second kappa shape index (κ2) is 11.2. The van der Waals surface area contributed by atoms with Gasteiger partial charge in [0.05, 0.1) is 31.5 Å². The van der Waals surface area contributed by atoms with Gasteiger partial charge in [-0.15, -0.1) is 0 Å². The molecule has 9 heteroatoms. The fraction of sp³-hybridized carbons (Fsp3) is 0.379. The molecule has 4 aromatic rings. The van der Waals surface area contributed by atoms with Crippen LogP contribution in [-0.4, -0.2) is 65.9 Å². The molecule has 198 valence electrons. The maximum absolute atomic E-state index is 6.64. The fourth-order valence-electron chi connectivity index (χ4n) is 5.37. The number of nitrogens with zero attached hydrogens (tertiary/aromatic N) is 5. The lowest BCUT2D eigenvalue weighted by Gasteiger charge is -2.26. The van der Waals surface area contributed by atoms with Gasteiger partial charge in [-0.1, -0.05) is 29.8 Å². The lowest BCUT2D eigenvalue weighted by molar-refractivity contribution is 0.0369. The van der Waals surface area contributed by atoms with E-state index >= 15 is 0 Å². The van der Waals surface area contributed by atoms with Crippen molar-refractivity contribution in [3.05, 3.63) is 71.0 Å². The predicted octanol–water partition coefficient (Wildman–Crippen LogP) is 5.12. The Hall–Kier alpha value is -3.33. The summed E-state index contributed by atoms with van der Waals surface area (Å²) in [6.45, 7) is 7.43. The summed E-state index contributed by atoms with van der Waals surface area (Å²) in [7, 11) is 1.68. The number of anilines is 3. The molecule has 0 aliphatic carbocycles. The van der Waals surface area contributed by atoms with Crippen LogP contribution in [0.1, 0.15) is 17.5 Å². The summed E-state index contributed by atoms with van der Waals surface area (Å²) in [4.78, 5) is 14.3. The van der Waals surface area contributed by atoms with E-state index in [2.05, 4.69) is 67.3 Å². The number of aryl methyl sites for hydroxylation is 1. The van der Waals surface area contributed by atoms with E-state index in [1.165, 1.54) is 11.1 Å². The molecule has 8 nitrogen and oxygen atoms in total. The number of hydrogen-bond donors (Lipinski definition) is 1. The molecule has 0 unspecified atom stereocenters. The first-order chi connectivity index (χ1) is 18.7. The summed E-state index contributed by atoms with van der Waals surface area (Å²) in [5.41, 5.74) is 4.38. The van der Waals surface area contributed by atoms with E-state index in [0.29, 0.717) is 11.1 Å². The van der Waals surface area contributed by atoms with Crippen molar-refractivity contribution in [2.24, 2.45) is 0 Å². The average Bonchev–Trinajstić information content (AvgIpc) is 3.55. The number of nitrogens with one attached hydrogen (secondary N) is 1. The molecular formula is C29H33ClN6O2. The van der Waals surface area contributed by atoms with Crippen molar-refractivity contribution in [3.63, 3.8) is 0 Å². The summed E-state index contributed by atoms with van der Waals surface area (Å²) >= 11 is 6.64. The third-order valence-electron chi connectivity index (χ3n) is 7.44. The van der Waals surface area contributed by atoms with Gasteiger partial charge in [0.1, 0.15) is 16.7 Å². The second-order valence-electron chi connectivity index (χ2n) is 9.84. The summed E-state index contributed by atoms with van der Waals surface area (Å²) in [6, 6.07) is 16.6. The Bertz CT molecular complexity index is 1400. The fourth-order valence-corrected chi connectivity index (χ4v) is 5.63. The lowest BCUT2D eigenvalue weighted by atomic mass is 10.2. The molecule has 0 amide bonds. The number of ether oxygens (including phenoxy) is 2. The monoisotopic (exact) mass is 532 g/mol. The van der Waals surface area contributed by atoms with Crippen LogP contribution in [0.2, 0.25) is 5.15 Å². The van der Waals surface area contributed by atoms with Gasteiger partial charge in [-0.25, -0.2) is 4.98 Å². The van der Waals surface area contributed by atoms with Crippen molar-refractivity contribution < 1.29 is 9.47 Å². The zero-order valence-electron chi connectivity index (χ0n) is 21.7. The van der Waals surface area contributed by atoms with Gasteiger partial charge in [0.2, 0.25) is 5.95 Å². The molecule has 0 atom stereocenters. The van der Waals surface area contributed by atoms with Crippen LogP contribution in [0.5, 0.6) is 5.75 Å². The van der Waals surface area contributed by atoms with Crippen molar-refractivity contribution in [3.8, 4) is 5.75 Å². The first-order valence-corrected chi connectivity index (χ1v) is 13.6. The molecule has 0 radical (unpaired) electrons. The predicted molar refractivity (Wildman–Crippen MR) is 152 cm³/mol. The molecule has 0 saturated carbocycles. The average molecular weight is 533 g/mol. The molecule has 2 aromatic carbocycles. The smallest absolute Gasteiger partial charge is 0.230 e. The van der Waals surface area contributed by atoms with E-state index in [1.54, 1.807) is 7.11 Å². The molecule has 38 heavy (non-hydrogen) atoms. The zero-order chi connectivity index (χ0) is 25.9. The molecule has 1 N–H and O–H groups in total. The number of aromatic nitrogens is 3. The SMILES string of the molecule is COc1ccc(CN2CCc3c(Cl)nc(Nc4cccc5c4ccn5CCCN4CCOCC4)nc32)cc1. The van der Waals surface area contributed by atoms with E-state index in [4.69, 9.17) is 26.1 Å². The Morgan fingerprint density at radius 3 is 2.66 bits per heavy atom. The van der Waals surface area contributed by atoms with Crippen molar-refractivity contribution in [2.75, 3.05) is 56.7 Å². The largest absolute Gasteiger partial charge is 0.497 e. The third-order valence-corrected chi connectivity index (χ3v) is 7.75. The van der Waals surface area contributed by atoms with Gasteiger partial charge >= 0.3 is 0 Å². The Morgan fingerprint density at radius 1 is 1.00 bits per heavy atom. The van der Waals surface area contributed by atoms with Crippen LogP contribution in [0.25, 0.3) is 10.9 Å². The van der Waals surface area contributed by atoms with Crippen molar-refractivity contribution in [2.45, 2.75) is 25.9 Å². The number of fused-ring (bicyclic) bond motifs is 2. The van der Waals surface area contributed by atoms with Gasteiger partial charge in [0.25, 0.3) is 0 Å². The Kier molecular flexibility index (Phi) is 7.35. The number of methoxy groups -OCH3 is 1. The van der Waals surface area contributed by atoms with E-state index in [-0.39, 0.29) is 0 Å². The van der Waals surface area contributed by atoms with Gasteiger partial charge < -0.3 is 24.3 Å². The van der Waals surface area contributed by atoms with E-state index in [1.807, 2.05) is 12.1 Å². The molecule has 2 aliphatic rings. The van der Waals surface area contributed by atoms with Gasteiger partial charge in [0, 0.05) is 56.4 Å². The topological polar surface area (TPSA) is 67.7 Å². The molecule has 2 aliphatic heterocycles. The minimum Gasteiger partial charge on any atom is -0.497 e. The molecule has 6 rings (SSSR count). The highest BCUT2D eigenvalue weighted by Crippen LogP contribution is 2.34. The third kappa shape index (κ3) is 5.29. The number of hydrogen-bond acceptors (Lipinski definition) is 7. The Balaban J connectivity index is 1.18. The first kappa shape index (κ1) is 25.0. The highest BCUT2D eigenvalue weighted by Gasteiger charge is 2.25. The van der Waals surface area contributed by atoms with Crippen molar-refractivity contribution in [1.82, 2.24) is 19.4 Å². The maximum atomic E-state index is 6.64. The van der Waals surface area contributed by atoms with Crippen LogP contribution >= 0.6 is 11.6 Å². The van der Waals surface area contributed by atoms with Crippen LogP contribution in [0.3, 0.4) is 0 Å². The number of rotatable bonds is 9. The second-order valence-corrected chi connectivity index (χ2v) is 10.2. The van der Waals surface area contributed by atoms with Gasteiger partial charge in [-0.05, 0) is 48.7 Å². The standard InChI is InChI=1S/C29H33ClN6O2/c1-37-22-8-6-21(7-9-22)20-36-15-11-24-27(30)32-29(33-28(24)36)31-25-4-2-5-26-23(25)10-14-35(26)13-3-12-34-16-18-38-19-17-34/h2,4-10,14H,3,11-13,15-20H2,1H3,(H,31,32,33). The summed E-state index contributed by atoms with van der Waals surface area (Å²) in [5.74, 6) is 2.27. The number of halogens is 1. The maximum Gasteiger partial charge on any atom is 0.230 e. The zero-order valence-corrected chi connectivity index (χ0v) is 22.5. The highest BCUT2D eigenvalue weighted by molar-refractivity contribution is 6.30. The van der Waals surface area contributed by atoms with Gasteiger partial charge in [-0.2, -0.15) is 4.98 Å². The summed E-state index contributed by atoms with van der Waals surface area (Å²) in [6.07, 6.45) is 4.12. The highest BCUT2D eigenvalue weighted by atomic mass is 35.5. The lowest BCUT2D eigenvalue weighted by Crippen LogP contribution is -2.37. The molecule has 1 fully saturated rings. The van der Waals surface area contributed by atoms with Crippen LogP contribution in [0, 0.1) is 0 Å². The molecule has 0 bridgehead atoms. The van der Waals surface area contributed by atoms with Crippen LogP contribution in [0.15, 0.2) is 54.7 Å². The van der Waals surface area contributed by atoms with Crippen molar-refractivity contribution in [1.29, 1.82) is 0 Å². The quantitative estimate of drug-likeness (QED) is 0.300. The van der Waals surface area contributed by atoms with Crippen LogP contribution in [0.4, 0.5) is 17.5 Å². The minimum atomic E-state index is 0.516. The van der Waals surface area contributed by atoms with Gasteiger partial charge in [0.15, 0.2) is 0 Å². The number of morpholine rings is 1. The number of benzene rings is 2. The molecule has 4 heterocycles. The summed E-state index contributed by atoms with van der Waals surface area (Å²) in [5, 5.41) is 5.12. The van der Waals surface area contributed by atoms with E-state index < -0.39 is 0 Å². The molecular weight excluding hydrogens is 500 g/mol. The van der Waals surface area contributed by atoms with Crippen molar-refractivity contribution >= 4 is 40.0 Å². The van der Waals surface area contributed by atoms with Crippen LogP contribution in [-0.2, 0) is 24.2 Å². The molecule has 1 saturated heterocycles. The summed E-state index contributed by atoms with van der Waals surface area (Å²) < 4.78 is 13.1. The van der Waals surface area contributed by atoms with Gasteiger partial charge in [-0.3, -0.25) is 4.90 Å². The molecule has 2 aromatic heterocycles.